The Hall–Kier alpha value is -3.92. The van der Waals surface area contributed by atoms with Crippen molar-refractivity contribution in [2.45, 2.75) is 11.1 Å². The highest BCUT2D eigenvalue weighted by Gasteiger charge is 2.34. The number of carboxylic acids is 1. The third-order valence-corrected chi connectivity index (χ3v) is 6.42. The number of fused-ring (bicyclic) bond motifs is 1. The number of nitrogens with two attached hydrogens (primary N) is 1. The first kappa shape index (κ1) is 23.2. The Balaban J connectivity index is 2.03. The quantitative estimate of drug-likeness (QED) is 0.407. The highest BCUT2D eigenvalue weighted by atomic mass is 32.2. The van der Waals surface area contributed by atoms with Crippen LogP contribution in [-0.2, 0) is 16.0 Å². The maximum atomic E-state index is 13.6. The van der Waals surface area contributed by atoms with E-state index >= 15 is 0 Å². The van der Waals surface area contributed by atoms with Gasteiger partial charge in [-0.15, -0.1) is 0 Å². The molecule has 0 atom stereocenters. The SMILES string of the molecule is CS(=O)(=O)c1cccc(-c2cccc(-c3c(C(=O)O)c(N)nc4c(C(F)(F)F)cccc34)c2)c1. The number of rotatable bonds is 4. The molecule has 6 nitrogen and oxygen atoms in total. The number of benzene rings is 3. The summed E-state index contributed by atoms with van der Waals surface area (Å²) in [5.74, 6) is -1.99. The molecule has 1 aromatic heterocycles. The Morgan fingerprint density at radius 2 is 1.53 bits per heavy atom. The number of aromatic nitrogens is 1. The van der Waals surface area contributed by atoms with Crippen molar-refractivity contribution < 1.29 is 31.5 Å². The molecule has 0 aliphatic heterocycles. The first-order valence-corrected chi connectivity index (χ1v) is 11.7. The molecule has 0 spiro atoms. The Bertz CT molecular complexity index is 1560. The molecule has 0 fully saturated rings. The molecule has 3 aromatic carbocycles. The molecule has 0 aliphatic carbocycles. The maximum Gasteiger partial charge on any atom is 0.418 e. The van der Waals surface area contributed by atoms with Crippen molar-refractivity contribution in [2.75, 3.05) is 12.0 Å². The van der Waals surface area contributed by atoms with Gasteiger partial charge in [-0.25, -0.2) is 18.2 Å². The zero-order chi connectivity index (χ0) is 24.8. The number of aromatic carboxylic acids is 1. The van der Waals surface area contributed by atoms with Crippen LogP contribution >= 0.6 is 0 Å². The molecule has 0 amide bonds. The van der Waals surface area contributed by atoms with Gasteiger partial charge < -0.3 is 10.8 Å². The smallest absolute Gasteiger partial charge is 0.418 e. The highest BCUT2D eigenvalue weighted by molar-refractivity contribution is 7.90. The predicted octanol–water partition coefficient (Wildman–Crippen LogP) is 5.27. The number of nitrogens with zero attached hydrogens (tertiary/aromatic N) is 1. The normalized spacial score (nSPS) is 12.1. The molecular weight excluding hydrogens is 469 g/mol. The van der Waals surface area contributed by atoms with Gasteiger partial charge in [0.15, 0.2) is 9.84 Å². The number of hydrogen-bond donors (Lipinski definition) is 2. The molecule has 4 rings (SSSR count). The number of nitrogen functional groups attached to an aromatic ring is 1. The first-order valence-electron chi connectivity index (χ1n) is 9.81. The molecule has 0 unspecified atom stereocenters. The summed E-state index contributed by atoms with van der Waals surface area (Å²) in [7, 11) is -3.48. The zero-order valence-electron chi connectivity index (χ0n) is 17.6. The maximum absolute atomic E-state index is 13.6. The molecule has 0 saturated heterocycles. The average molecular weight is 486 g/mol. The van der Waals surface area contributed by atoms with Crippen LogP contribution in [0, 0.1) is 0 Å². The minimum Gasteiger partial charge on any atom is -0.478 e. The van der Waals surface area contributed by atoms with Gasteiger partial charge in [0.1, 0.15) is 11.4 Å². The van der Waals surface area contributed by atoms with E-state index < -0.39 is 44.4 Å². The monoisotopic (exact) mass is 486 g/mol. The third-order valence-electron chi connectivity index (χ3n) is 5.31. The Kier molecular flexibility index (Phi) is 5.56. The number of carbonyl (C=O) groups is 1. The van der Waals surface area contributed by atoms with Crippen LogP contribution in [0.2, 0.25) is 0 Å². The van der Waals surface area contributed by atoms with Crippen LogP contribution in [0.5, 0.6) is 0 Å². The lowest BCUT2D eigenvalue weighted by Crippen LogP contribution is -2.11. The number of carboxylic acid groups (broad SMARTS) is 1. The molecule has 3 N–H and O–H groups in total. The molecule has 0 aliphatic rings. The molecule has 10 heteroatoms. The molecule has 34 heavy (non-hydrogen) atoms. The van der Waals surface area contributed by atoms with Gasteiger partial charge in [-0.2, -0.15) is 13.2 Å². The van der Waals surface area contributed by atoms with Gasteiger partial charge in [0.25, 0.3) is 0 Å². The molecule has 1 heterocycles. The van der Waals surface area contributed by atoms with Crippen molar-refractivity contribution in [2.24, 2.45) is 0 Å². The van der Waals surface area contributed by atoms with Gasteiger partial charge in [0, 0.05) is 17.2 Å². The van der Waals surface area contributed by atoms with E-state index in [-0.39, 0.29) is 21.4 Å². The fourth-order valence-corrected chi connectivity index (χ4v) is 4.48. The van der Waals surface area contributed by atoms with Crippen molar-refractivity contribution in [1.82, 2.24) is 4.98 Å². The summed E-state index contributed by atoms with van der Waals surface area (Å²) in [4.78, 5) is 15.9. The molecule has 0 saturated carbocycles. The second-order valence-electron chi connectivity index (χ2n) is 7.63. The zero-order valence-corrected chi connectivity index (χ0v) is 18.4. The summed E-state index contributed by atoms with van der Waals surface area (Å²) in [6.45, 7) is 0. The number of para-hydroxylation sites is 1. The number of pyridine rings is 1. The molecular formula is C24H17F3N2O4S. The Labute approximate surface area is 192 Å². The summed E-state index contributed by atoms with van der Waals surface area (Å²) in [6, 6.07) is 15.9. The number of hydrogen-bond acceptors (Lipinski definition) is 5. The molecule has 0 bridgehead atoms. The topological polar surface area (TPSA) is 110 Å². The van der Waals surface area contributed by atoms with Crippen LogP contribution in [0.4, 0.5) is 19.0 Å². The van der Waals surface area contributed by atoms with E-state index in [1.165, 1.54) is 24.3 Å². The van der Waals surface area contributed by atoms with E-state index in [4.69, 9.17) is 5.73 Å². The summed E-state index contributed by atoms with van der Waals surface area (Å²) in [6.07, 6.45) is -3.65. The van der Waals surface area contributed by atoms with Gasteiger partial charge in [-0.3, -0.25) is 0 Å². The van der Waals surface area contributed by atoms with E-state index in [1.807, 2.05) is 0 Å². The van der Waals surface area contributed by atoms with Gasteiger partial charge in [-0.1, -0.05) is 42.5 Å². The molecule has 174 valence electrons. The molecule has 4 aromatic rings. The van der Waals surface area contributed by atoms with Crippen molar-refractivity contribution >= 4 is 32.5 Å². The van der Waals surface area contributed by atoms with Gasteiger partial charge in [0.05, 0.1) is 16.0 Å². The van der Waals surface area contributed by atoms with Crippen molar-refractivity contribution in [3.05, 3.63) is 77.9 Å². The number of alkyl halides is 3. The fraction of sp³-hybridized carbons (Fsp3) is 0.0833. The van der Waals surface area contributed by atoms with E-state index in [9.17, 15) is 31.5 Å². The van der Waals surface area contributed by atoms with Gasteiger partial charge in [-0.05, 0) is 41.0 Å². The number of halogens is 3. The lowest BCUT2D eigenvalue weighted by atomic mass is 9.92. The second-order valence-corrected chi connectivity index (χ2v) is 9.65. The Morgan fingerprint density at radius 3 is 2.15 bits per heavy atom. The first-order chi connectivity index (χ1) is 15.9. The summed E-state index contributed by atoms with van der Waals surface area (Å²) in [5.41, 5.74) is 5.26. The van der Waals surface area contributed by atoms with Crippen molar-refractivity contribution in [1.29, 1.82) is 0 Å². The lowest BCUT2D eigenvalue weighted by Gasteiger charge is -2.17. The van der Waals surface area contributed by atoms with Crippen molar-refractivity contribution in [3.63, 3.8) is 0 Å². The second kappa shape index (κ2) is 8.14. The van der Waals surface area contributed by atoms with Crippen LogP contribution in [0.3, 0.4) is 0 Å². The van der Waals surface area contributed by atoms with Crippen LogP contribution in [0.15, 0.2) is 71.6 Å². The standard InChI is InChI=1S/C24H17F3N2O4S/c1-34(32,33)16-8-3-6-14(12-16)13-5-2-7-15(11-13)19-17-9-4-10-18(24(25,26)27)21(17)29-22(28)20(19)23(30)31/h2-12H,1H3,(H2,28,29)(H,30,31). The minimum atomic E-state index is -4.73. The van der Waals surface area contributed by atoms with E-state index in [2.05, 4.69) is 4.98 Å². The highest BCUT2D eigenvalue weighted by Crippen LogP contribution is 2.41. The third kappa shape index (κ3) is 4.19. The van der Waals surface area contributed by atoms with Gasteiger partial charge >= 0.3 is 12.1 Å². The number of sulfone groups is 1. The van der Waals surface area contributed by atoms with E-state index in [1.54, 1.807) is 36.4 Å². The average Bonchev–Trinajstić information content (AvgIpc) is 2.76. The summed E-state index contributed by atoms with van der Waals surface area (Å²) >= 11 is 0. The minimum absolute atomic E-state index is 0.0118. The van der Waals surface area contributed by atoms with E-state index in [0.717, 1.165) is 12.3 Å². The van der Waals surface area contributed by atoms with Crippen LogP contribution in [0.25, 0.3) is 33.2 Å². The van der Waals surface area contributed by atoms with Crippen LogP contribution < -0.4 is 5.73 Å². The summed E-state index contributed by atoms with van der Waals surface area (Å²) in [5, 5.41) is 9.78. The molecule has 0 radical (unpaired) electrons. The fourth-order valence-electron chi connectivity index (χ4n) is 3.81. The van der Waals surface area contributed by atoms with Crippen molar-refractivity contribution in [3.8, 4) is 22.3 Å². The van der Waals surface area contributed by atoms with Gasteiger partial charge in [0.2, 0.25) is 0 Å². The largest absolute Gasteiger partial charge is 0.478 e. The Morgan fingerprint density at radius 1 is 0.941 bits per heavy atom. The van der Waals surface area contributed by atoms with Crippen LogP contribution in [0.1, 0.15) is 15.9 Å². The number of anilines is 1. The van der Waals surface area contributed by atoms with E-state index in [0.29, 0.717) is 11.1 Å². The lowest BCUT2D eigenvalue weighted by molar-refractivity contribution is -0.136. The van der Waals surface area contributed by atoms with Crippen LogP contribution in [-0.4, -0.2) is 30.7 Å². The summed E-state index contributed by atoms with van der Waals surface area (Å²) < 4.78 is 64.7. The predicted molar refractivity (Wildman–Crippen MR) is 122 cm³/mol.